The van der Waals surface area contributed by atoms with E-state index in [0.29, 0.717) is 6.04 Å². The van der Waals surface area contributed by atoms with Gasteiger partial charge in [-0.15, -0.1) is 0 Å². The number of fused-ring (bicyclic) bond motifs is 1. The fourth-order valence-electron chi connectivity index (χ4n) is 2.64. The first-order chi connectivity index (χ1) is 8.74. The molecule has 0 aromatic heterocycles. The highest BCUT2D eigenvalue weighted by atomic mass is 19.1. The molecule has 18 heavy (non-hydrogen) atoms. The maximum absolute atomic E-state index is 13.3. The quantitative estimate of drug-likeness (QED) is 0.848. The van der Waals surface area contributed by atoms with Crippen molar-refractivity contribution < 1.29 is 4.39 Å². The Kier molecular flexibility index (Phi) is 2.88. The highest BCUT2D eigenvalue weighted by molar-refractivity contribution is 5.36. The van der Waals surface area contributed by atoms with Gasteiger partial charge in [0.25, 0.3) is 0 Å². The van der Waals surface area contributed by atoms with Gasteiger partial charge < -0.3 is 5.32 Å². The molecule has 0 bridgehead atoms. The van der Waals surface area contributed by atoms with Crippen LogP contribution in [0.4, 0.5) is 4.39 Å². The summed E-state index contributed by atoms with van der Waals surface area (Å²) >= 11 is 0. The third-order valence-electron chi connectivity index (χ3n) is 3.70. The molecule has 92 valence electrons. The van der Waals surface area contributed by atoms with Crippen LogP contribution in [-0.4, -0.2) is 0 Å². The van der Waals surface area contributed by atoms with Gasteiger partial charge in [0.1, 0.15) is 5.82 Å². The first-order valence-corrected chi connectivity index (χ1v) is 6.30. The Labute approximate surface area is 107 Å². The first kappa shape index (κ1) is 11.4. The van der Waals surface area contributed by atoms with Crippen molar-refractivity contribution in [3.63, 3.8) is 0 Å². The lowest BCUT2D eigenvalue weighted by Gasteiger charge is -2.14. The molecule has 2 aromatic rings. The Balaban J connectivity index is 1.88. The summed E-state index contributed by atoms with van der Waals surface area (Å²) in [5, 5.41) is 3.49. The van der Waals surface area contributed by atoms with E-state index in [0.717, 1.165) is 24.1 Å². The summed E-state index contributed by atoms with van der Waals surface area (Å²) in [5.74, 6) is -0.151. The summed E-state index contributed by atoms with van der Waals surface area (Å²) in [7, 11) is 0. The molecule has 1 aliphatic rings. The Hall–Kier alpha value is -1.67. The number of halogens is 1. The van der Waals surface area contributed by atoms with Crippen LogP contribution in [0, 0.1) is 12.7 Å². The zero-order chi connectivity index (χ0) is 12.5. The average molecular weight is 241 g/mol. The van der Waals surface area contributed by atoms with Crippen LogP contribution >= 0.6 is 0 Å². The van der Waals surface area contributed by atoms with Crippen LogP contribution in [0.25, 0.3) is 0 Å². The number of aryl methyl sites for hydroxylation is 1. The molecule has 2 heteroatoms. The molecule has 0 saturated carbocycles. The molecule has 1 heterocycles. The third kappa shape index (κ3) is 2.04. The van der Waals surface area contributed by atoms with Crippen molar-refractivity contribution in [2.45, 2.75) is 25.9 Å². The number of hydrogen-bond acceptors (Lipinski definition) is 1. The van der Waals surface area contributed by atoms with Gasteiger partial charge in [-0.25, -0.2) is 4.39 Å². The van der Waals surface area contributed by atoms with Crippen molar-refractivity contribution in [1.29, 1.82) is 0 Å². The number of nitrogens with one attached hydrogen (secondary N) is 1. The Morgan fingerprint density at radius 2 is 2.06 bits per heavy atom. The molecule has 1 N–H and O–H groups in total. The fraction of sp³-hybridized carbons (Fsp3) is 0.250. The molecule has 0 saturated heterocycles. The van der Waals surface area contributed by atoms with E-state index in [1.807, 2.05) is 13.0 Å². The lowest BCUT2D eigenvalue weighted by molar-refractivity contribution is 0.573. The van der Waals surface area contributed by atoms with Crippen LogP contribution in [0.3, 0.4) is 0 Å². The SMILES string of the molecule is Cc1ccc(F)cc1CC1NCc2ccccc21. The Morgan fingerprint density at radius 3 is 2.94 bits per heavy atom. The van der Waals surface area contributed by atoms with E-state index in [2.05, 4.69) is 29.6 Å². The predicted octanol–water partition coefficient (Wildman–Crippen LogP) is 3.52. The summed E-state index contributed by atoms with van der Waals surface area (Å²) in [6.07, 6.45) is 0.848. The lowest BCUT2D eigenvalue weighted by Crippen LogP contribution is -2.15. The Morgan fingerprint density at radius 1 is 1.22 bits per heavy atom. The average Bonchev–Trinajstić information content (AvgIpc) is 2.78. The fourth-order valence-corrected chi connectivity index (χ4v) is 2.64. The van der Waals surface area contributed by atoms with Crippen LogP contribution in [0.5, 0.6) is 0 Å². The Bertz CT molecular complexity index is 577. The van der Waals surface area contributed by atoms with Crippen LogP contribution in [-0.2, 0) is 13.0 Å². The monoisotopic (exact) mass is 241 g/mol. The minimum atomic E-state index is -0.151. The smallest absolute Gasteiger partial charge is 0.123 e. The summed E-state index contributed by atoms with van der Waals surface area (Å²) in [5.41, 5.74) is 4.95. The lowest BCUT2D eigenvalue weighted by atomic mass is 9.96. The molecule has 0 radical (unpaired) electrons. The van der Waals surface area contributed by atoms with E-state index in [9.17, 15) is 4.39 Å². The van der Waals surface area contributed by atoms with Crippen molar-refractivity contribution in [2.75, 3.05) is 0 Å². The minimum absolute atomic E-state index is 0.151. The van der Waals surface area contributed by atoms with Gasteiger partial charge in [0.15, 0.2) is 0 Å². The van der Waals surface area contributed by atoms with Gasteiger partial charge in [-0.3, -0.25) is 0 Å². The molecule has 0 spiro atoms. The summed E-state index contributed by atoms with van der Waals surface area (Å²) in [6, 6.07) is 13.8. The summed E-state index contributed by atoms with van der Waals surface area (Å²) < 4.78 is 13.3. The largest absolute Gasteiger partial charge is 0.306 e. The molecule has 3 rings (SSSR count). The van der Waals surface area contributed by atoms with Gasteiger partial charge in [-0.05, 0) is 47.7 Å². The molecule has 1 unspecified atom stereocenters. The molecule has 0 amide bonds. The zero-order valence-corrected chi connectivity index (χ0v) is 10.4. The third-order valence-corrected chi connectivity index (χ3v) is 3.70. The second kappa shape index (κ2) is 4.54. The van der Waals surface area contributed by atoms with Crippen LogP contribution in [0.2, 0.25) is 0 Å². The van der Waals surface area contributed by atoms with Gasteiger partial charge >= 0.3 is 0 Å². The predicted molar refractivity (Wildman–Crippen MR) is 70.9 cm³/mol. The van der Waals surface area contributed by atoms with Crippen molar-refractivity contribution in [2.24, 2.45) is 0 Å². The topological polar surface area (TPSA) is 12.0 Å². The van der Waals surface area contributed by atoms with Crippen molar-refractivity contribution in [3.05, 3.63) is 70.5 Å². The molecule has 1 aliphatic heterocycles. The van der Waals surface area contributed by atoms with Crippen LogP contribution in [0.15, 0.2) is 42.5 Å². The van der Waals surface area contributed by atoms with Gasteiger partial charge in [-0.2, -0.15) is 0 Å². The summed E-state index contributed by atoms with van der Waals surface area (Å²) in [4.78, 5) is 0. The standard InChI is InChI=1S/C16H16FN/c1-11-6-7-14(17)8-13(11)9-16-15-5-3-2-4-12(15)10-18-16/h2-8,16,18H,9-10H2,1H3. The summed E-state index contributed by atoms with van der Waals surface area (Å²) in [6.45, 7) is 2.95. The van der Waals surface area contributed by atoms with Gasteiger partial charge in [0.2, 0.25) is 0 Å². The maximum atomic E-state index is 13.3. The minimum Gasteiger partial charge on any atom is -0.306 e. The number of hydrogen-bond donors (Lipinski definition) is 1. The molecule has 0 fully saturated rings. The van der Waals surface area contributed by atoms with Crippen molar-refractivity contribution >= 4 is 0 Å². The maximum Gasteiger partial charge on any atom is 0.123 e. The number of rotatable bonds is 2. The van der Waals surface area contributed by atoms with E-state index in [-0.39, 0.29) is 5.82 Å². The van der Waals surface area contributed by atoms with Crippen LogP contribution in [0.1, 0.15) is 28.3 Å². The zero-order valence-electron chi connectivity index (χ0n) is 10.4. The highest BCUT2D eigenvalue weighted by Gasteiger charge is 2.21. The first-order valence-electron chi connectivity index (χ1n) is 6.30. The molecule has 1 atom stereocenters. The molecular formula is C16H16FN. The van der Waals surface area contributed by atoms with E-state index >= 15 is 0 Å². The van der Waals surface area contributed by atoms with E-state index in [1.54, 1.807) is 6.07 Å². The molecule has 2 aromatic carbocycles. The second-order valence-electron chi connectivity index (χ2n) is 4.91. The molecule has 0 aliphatic carbocycles. The van der Waals surface area contributed by atoms with E-state index in [1.165, 1.54) is 17.2 Å². The van der Waals surface area contributed by atoms with E-state index in [4.69, 9.17) is 0 Å². The van der Waals surface area contributed by atoms with Gasteiger partial charge in [0.05, 0.1) is 0 Å². The van der Waals surface area contributed by atoms with Gasteiger partial charge in [-0.1, -0.05) is 30.3 Å². The highest BCUT2D eigenvalue weighted by Crippen LogP contribution is 2.28. The molecule has 1 nitrogen and oxygen atoms in total. The molecular weight excluding hydrogens is 225 g/mol. The van der Waals surface area contributed by atoms with Crippen molar-refractivity contribution in [1.82, 2.24) is 5.32 Å². The van der Waals surface area contributed by atoms with Gasteiger partial charge in [0, 0.05) is 12.6 Å². The normalized spacial score (nSPS) is 17.8. The second-order valence-corrected chi connectivity index (χ2v) is 4.91. The number of benzene rings is 2. The van der Waals surface area contributed by atoms with E-state index < -0.39 is 0 Å². The van der Waals surface area contributed by atoms with Crippen molar-refractivity contribution in [3.8, 4) is 0 Å². The van der Waals surface area contributed by atoms with Crippen LogP contribution < -0.4 is 5.32 Å².